The molecule has 152 valence electrons. The molecule has 0 aliphatic carbocycles. The summed E-state index contributed by atoms with van der Waals surface area (Å²) in [5.41, 5.74) is 3.53. The maximum Gasteiger partial charge on any atom is 0.243 e. The molecule has 3 aromatic rings. The maximum atomic E-state index is 12.8. The third kappa shape index (κ3) is 4.24. The fraction of sp³-hybridized carbons (Fsp3) is 0.333. The summed E-state index contributed by atoms with van der Waals surface area (Å²) >= 11 is 0. The number of likely N-dealkylation sites (N-methyl/N-ethyl adjacent to an activating group) is 1. The molecule has 1 N–H and O–H groups in total. The van der Waals surface area contributed by atoms with Gasteiger partial charge in [-0.05, 0) is 43.8 Å². The van der Waals surface area contributed by atoms with Crippen LogP contribution in [0, 0.1) is 6.92 Å². The van der Waals surface area contributed by atoms with Crippen LogP contribution >= 0.6 is 0 Å². The predicted molar refractivity (Wildman–Crippen MR) is 114 cm³/mol. The Bertz CT molecular complexity index is 1110. The highest BCUT2D eigenvalue weighted by atomic mass is 32.2. The number of aryl methyl sites for hydroxylation is 1. The SMILES string of the molecule is Cc1nc2ccccc2nc1NCc1ccc(S(=O)(=O)N2CCN(C)CC2)cc1. The van der Waals surface area contributed by atoms with E-state index in [-0.39, 0.29) is 0 Å². The van der Waals surface area contributed by atoms with Crippen LogP contribution in [0.3, 0.4) is 0 Å². The Kier molecular flexibility index (Phi) is 5.49. The van der Waals surface area contributed by atoms with Crippen LogP contribution in [0.1, 0.15) is 11.3 Å². The van der Waals surface area contributed by atoms with Crippen molar-refractivity contribution in [1.29, 1.82) is 0 Å². The Hall–Kier alpha value is -2.55. The number of nitrogens with one attached hydrogen (secondary N) is 1. The van der Waals surface area contributed by atoms with E-state index in [1.54, 1.807) is 16.4 Å². The second-order valence-corrected chi connectivity index (χ2v) is 9.29. The number of hydrogen-bond donors (Lipinski definition) is 1. The number of hydrogen-bond acceptors (Lipinski definition) is 6. The average molecular weight is 412 g/mol. The van der Waals surface area contributed by atoms with Gasteiger partial charge in [0.2, 0.25) is 10.0 Å². The standard InChI is InChI=1S/C21H25N5O2S/c1-16-21(24-20-6-4-3-5-19(20)23-16)22-15-17-7-9-18(10-8-17)29(27,28)26-13-11-25(2)12-14-26/h3-10H,11-15H2,1-2H3,(H,22,24). The van der Waals surface area contributed by atoms with Crippen molar-refractivity contribution in [2.45, 2.75) is 18.4 Å². The molecule has 0 amide bonds. The Morgan fingerprint density at radius 3 is 2.21 bits per heavy atom. The number of para-hydroxylation sites is 2. The van der Waals surface area contributed by atoms with Gasteiger partial charge in [-0.1, -0.05) is 24.3 Å². The van der Waals surface area contributed by atoms with Crippen LogP contribution in [-0.2, 0) is 16.6 Å². The number of sulfonamides is 1. The number of aromatic nitrogens is 2. The largest absolute Gasteiger partial charge is 0.364 e. The van der Waals surface area contributed by atoms with Crippen LogP contribution < -0.4 is 5.32 Å². The van der Waals surface area contributed by atoms with Crippen molar-refractivity contribution in [3.05, 3.63) is 59.8 Å². The van der Waals surface area contributed by atoms with Crippen LogP contribution in [-0.4, -0.2) is 60.8 Å². The quantitative estimate of drug-likeness (QED) is 0.695. The third-order valence-electron chi connectivity index (χ3n) is 5.23. The fourth-order valence-electron chi connectivity index (χ4n) is 3.40. The van der Waals surface area contributed by atoms with E-state index in [2.05, 4.69) is 20.2 Å². The van der Waals surface area contributed by atoms with E-state index in [9.17, 15) is 8.42 Å². The van der Waals surface area contributed by atoms with Gasteiger partial charge in [0.15, 0.2) is 0 Å². The number of fused-ring (bicyclic) bond motifs is 1. The molecule has 29 heavy (non-hydrogen) atoms. The smallest absolute Gasteiger partial charge is 0.243 e. The first-order chi connectivity index (χ1) is 13.9. The molecule has 4 rings (SSSR count). The third-order valence-corrected chi connectivity index (χ3v) is 7.14. The second-order valence-electron chi connectivity index (χ2n) is 7.35. The number of anilines is 1. The lowest BCUT2D eigenvalue weighted by molar-refractivity contribution is 0.222. The molecule has 1 saturated heterocycles. The maximum absolute atomic E-state index is 12.8. The summed E-state index contributed by atoms with van der Waals surface area (Å²) in [5.74, 6) is 0.734. The van der Waals surface area contributed by atoms with Gasteiger partial charge in [-0.25, -0.2) is 18.4 Å². The van der Waals surface area contributed by atoms with Gasteiger partial charge in [-0.3, -0.25) is 0 Å². The molecule has 7 nitrogen and oxygen atoms in total. The van der Waals surface area contributed by atoms with Gasteiger partial charge in [0.1, 0.15) is 5.82 Å². The van der Waals surface area contributed by atoms with Gasteiger partial charge >= 0.3 is 0 Å². The van der Waals surface area contributed by atoms with E-state index in [1.807, 2.05) is 50.4 Å². The zero-order valence-corrected chi connectivity index (χ0v) is 17.5. The lowest BCUT2D eigenvalue weighted by atomic mass is 10.2. The monoisotopic (exact) mass is 411 g/mol. The minimum atomic E-state index is -3.44. The summed E-state index contributed by atoms with van der Waals surface area (Å²) in [7, 11) is -1.43. The highest BCUT2D eigenvalue weighted by Gasteiger charge is 2.27. The van der Waals surface area contributed by atoms with Crippen molar-refractivity contribution in [3.63, 3.8) is 0 Å². The average Bonchev–Trinajstić information content (AvgIpc) is 2.73. The van der Waals surface area contributed by atoms with Crippen molar-refractivity contribution >= 4 is 26.9 Å². The van der Waals surface area contributed by atoms with E-state index in [1.165, 1.54) is 0 Å². The summed E-state index contributed by atoms with van der Waals surface area (Å²) in [6.45, 7) is 5.04. The molecular weight excluding hydrogens is 386 g/mol. The summed E-state index contributed by atoms with van der Waals surface area (Å²) in [6, 6.07) is 14.8. The molecule has 1 aliphatic rings. The van der Waals surface area contributed by atoms with Gasteiger partial charge in [-0.2, -0.15) is 4.31 Å². The van der Waals surface area contributed by atoms with E-state index in [4.69, 9.17) is 0 Å². The highest BCUT2D eigenvalue weighted by molar-refractivity contribution is 7.89. The number of benzene rings is 2. The first-order valence-corrected chi connectivity index (χ1v) is 11.1. The van der Waals surface area contributed by atoms with Crippen molar-refractivity contribution in [2.75, 3.05) is 38.5 Å². The van der Waals surface area contributed by atoms with Crippen LogP contribution in [0.15, 0.2) is 53.4 Å². The van der Waals surface area contributed by atoms with E-state index >= 15 is 0 Å². The minimum absolute atomic E-state index is 0.340. The molecular formula is C21H25N5O2S. The zero-order valence-electron chi connectivity index (χ0n) is 16.7. The summed E-state index contributed by atoms with van der Waals surface area (Å²) in [5, 5.41) is 3.31. The molecule has 8 heteroatoms. The second kappa shape index (κ2) is 8.06. The van der Waals surface area contributed by atoms with Gasteiger partial charge in [0.05, 0.1) is 21.6 Å². The molecule has 2 heterocycles. The van der Waals surface area contributed by atoms with Crippen molar-refractivity contribution in [3.8, 4) is 0 Å². The Morgan fingerprint density at radius 1 is 0.931 bits per heavy atom. The van der Waals surface area contributed by atoms with Crippen LogP contribution in [0.4, 0.5) is 5.82 Å². The predicted octanol–water partition coefficient (Wildman–Crippen LogP) is 2.49. The van der Waals surface area contributed by atoms with Gasteiger partial charge in [-0.15, -0.1) is 0 Å². The normalized spacial score (nSPS) is 16.2. The topological polar surface area (TPSA) is 78.4 Å². The molecule has 0 saturated carbocycles. The number of nitrogens with zero attached hydrogens (tertiary/aromatic N) is 4. The Morgan fingerprint density at radius 2 is 1.55 bits per heavy atom. The van der Waals surface area contributed by atoms with Crippen molar-refractivity contribution in [1.82, 2.24) is 19.2 Å². The van der Waals surface area contributed by atoms with E-state index in [0.29, 0.717) is 24.5 Å². The van der Waals surface area contributed by atoms with Gasteiger partial charge in [0, 0.05) is 32.7 Å². The molecule has 0 atom stereocenters. The molecule has 0 bridgehead atoms. The van der Waals surface area contributed by atoms with Gasteiger partial charge in [0.25, 0.3) is 0 Å². The molecule has 1 aromatic heterocycles. The van der Waals surface area contributed by atoms with Crippen LogP contribution in [0.25, 0.3) is 11.0 Å². The lowest BCUT2D eigenvalue weighted by Gasteiger charge is -2.31. The Labute approximate surface area is 171 Å². The first kappa shape index (κ1) is 19.8. The molecule has 1 fully saturated rings. The van der Waals surface area contributed by atoms with Crippen molar-refractivity contribution in [2.24, 2.45) is 0 Å². The van der Waals surface area contributed by atoms with Gasteiger partial charge < -0.3 is 10.2 Å². The highest BCUT2D eigenvalue weighted by Crippen LogP contribution is 2.20. The molecule has 0 unspecified atom stereocenters. The molecule has 0 spiro atoms. The van der Waals surface area contributed by atoms with E-state index in [0.717, 1.165) is 41.2 Å². The minimum Gasteiger partial charge on any atom is -0.364 e. The van der Waals surface area contributed by atoms with Crippen molar-refractivity contribution < 1.29 is 8.42 Å². The summed E-state index contributed by atoms with van der Waals surface area (Å²) < 4.78 is 27.2. The molecule has 1 aliphatic heterocycles. The Balaban J connectivity index is 1.45. The number of piperazine rings is 1. The summed E-state index contributed by atoms with van der Waals surface area (Å²) in [4.78, 5) is 11.7. The first-order valence-electron chi connectivity index (χ1n) is 9.68. The van der Waals surface area contributed by atoms with Crippen LogP contribution in [0.5, 0.6) is 0 Å². The molecule has 2 aromatic carbocycles. The lowest BCUT2D eigenvalue weighted by Crippen LogP contribution is -2.46. The number of rotatable bonds is 5. The zero-order chi connectivity index (χ0) is 20.4. The summed E-state index contributed by atoms with van der Waals surface area (Å²) in [6.07, 6.45) is 0. The molecule has 0 radical (unpaired) electrons. The van der Waals surface area contributed by atoms with E-state index < -0.39 is 10.0 Å². The van der Waals surface area contributed by atoms with Crippen LogP contribution in [0.2, 0.25) is 0 Å². The fourth-order valence-corrected chi connectivity index (χ4v) is 4.82.